The summed E-state index contributed by atoms with van der Waals surface area (Å²) in [5, 5.41) is 3.24. The summed E-state index contributed by atoms with van der Waals surface area (Å²) < 4.78 is 1.29. The van der Waals surface area contributed by atoms with E-state index in [4.69, 9.17) is 4.98 Å². The van der Waals surface area contributed by atoms with Crippen molar-refractivity contribution in [3.63, 3.8) is 0 Å². The average Bonchev–Trinajstić information content (AvgIpc) is 2.77. The van der Waals surface area contributed by atoms with Crippen molar-refractivity contribution in [1.82, 2.24) is 4.98 Å². The molecule has 0 saturated heterocycles. The summed E-state index contributed by atoms with van der Waals surface area (Å²) in [5.41, 5.74) is 1.37. The van der Waals surface area contributed by atoms with E-state index in [2.05, 4.69) is 70.0 Å². The molecule has 0 aliphatic rings. The fraction of sp³-hybridized carbons (Fsp3) is 0.500. The summed E-state index contributed by atoms with van der Waals surface area (Å²) in [6, 6.07) is 8.37. The SMILES string of the molecule is CC(C)C(CBr)(CBr)Cc1nc2ccccc2s1. The molecule has 0 aliphatic carbocycles. The molecule has 0 amide bonds. The Labute approximate surface area is 129 Å². The van der Waals surface area contributed by atoms with Gasteiger partial charge >= 0.3 is 0 Å². The Morgan fingerprint density at radius 2 is 1.89 bits per heavy atom. The molecule has 1 nitrogen and oxygen atoms in total. The second-order valence-electron chi connectivity index (χ2n) is 5.04. The van der Waals surface area contributed by atoms with Gasteiger partial charge in [0.15, 0.2) is 0 Å². The maximum atomic E-state index is 4.75. The van der Waals surface area contributed by atoms with Crippen LogP contribution >= 0.6 is 43.2 Å². The first-order valence-electron chi connectivity index (χ1n) is 6.07. The highest BCUT2D eigenvalue weighted by Gasteiger charge is 2.33. The van der Waals surface area contributed by atoms with E-state index in [1.165, 1.54) is 9.71 Å². The Kier molecular flexibility index (Phi) is 4.84. The van der Waals surface area contributed by atoms with E-state index in [0.29, 0.717) is 5.92 Å². The van der Waals surface area contributed by atoms with Gasteiger partial charge < -0.3 is 0 Å². The van der Waals surface area contributed by atoms with Gasteiger partial charge in [-0.05, 0) is 23.5 Å². The molecule has 2 aromatic rings. The molecule has 1 aromatic carbocycles. The van der Waals surface area contributed by atoms with Crippen LogP contribution in [0.1, 0.15) is 18.9 Å². The van der Waals surface area contributed by atoms with Crippen molar-refractivity contribution in [1.29, 1.82) is 0 Å². The third-order valence-corrected chi connectivity index (χ3v) is 6.87. The summed E-state index contributed by atoms with van der Waals surface area (Å²) in [4.78, 5) is 4.75. The van der Waals surface area contributed by atoms with Crippen LogP contribution in [0.4, 0.5) is 0 Å². The lowest BCUT2D eigenvalue weighted by molar-refractivity contribution is 0.267. The van der Waals surface area contributed by atoms with Gasteiger partial charge in [-0.1, -0.05) is 57.8 Å². The molecule has 0 radical (unpaired) electrons. The zero-order valence-corrected chi connectivity index (χ0v) is 14.6. The van der Waals surface area contributed by atoms with Crippen molar-refractivity contribution < 1.29 is 0 Å². The molecule has 1 heterocycles. The van der Waals surface area contributed by atoms with Crippen molar-refractivity contribution in [2.24, 2.45) is 11.3 Å². The molecule has 18 heavy (non-hydrogen) atoms. The number of rotatable bonds is 5. The molecule has 0 spiro atoms. The molecular formula is C14H17Br2NS. The molecule has 0 unspecified atom stereocenters. The summed E-state index contributed by atoms with van der Waals surface area (Å²) in [7, 11) is 0. The Hall–Kier alpha value is 0.0700. The number of hydrogen-bond acceptors (Lipinski definition) is 2. The van der Waals surface area contributed by atoms with E-state index in [9.17, 15) is 0 Å². The van der Waals surface area contributed by atoms with E-state index in [-0.39, 0.29) is 5.41 Å². The van der Waals surface area contributed by atoms with Gasteiger partial charge in [-0.3, -0.25) is 0 Å². The van der Waals surface area contributed by atoms with Crippen LogP contribution < -0.4 is 0 Å². The predicted molar refractivity (Wildman–Crippen MR) is 88.2 cm³/mol. The molecule has 2 rings (SSSR count). The first kappa shape index (κ1) is 14.5. The number of fused-ring (bicyclic) bond motifs is 1. The second kappa shape index (κ2) is 6.02. The van der Waals surface area contributed by atoms with Gasteiger partial charge in [-0.15, -0.1) is 11.3 Å². The van der Waals surface area contributed by atoms with E-state index in [0.717, 1.165) is 22.6 Å². The van der Waals surface area contributed by atoms with Crippen molar-refractivity contribution in [3.8, 4) is 0 Å². The number of hydrogen-bond donors (Lipinski definition) is 0. The molecule has 0 fully saturated rings. The third kappa shape index (κ3) is 2.81. The van der Waals surface area contributed by atoms with E-state index in [1.807, 2.05) is 11.3 Å². The van der Waals surface area contributed by atoms with Gasteiger partial charge in [0.1, 0.15) is 0 Å². The smallest absolute Gasteiger partial charge is 0.0944 e. The Balaban J connectivity index is 2.31. The number of thiazole rings is 1. The molecule has 0 bridgehead atoms. The number of alkyl halides is 2. The van der Waals surface area contributed by atoms with Crippen LogP contribution in [0.15, 0.2) is 24.3 Å². The zero-order chi connectivity index (χ0) is 13.2. The summed E-state index contributed by atoms with van der Waals surface area (Å²) in [5.74, 6) is 0.614. The van der Waals surface area contributed by atoms with Crippen LogP contribution in [0, 0.1) is 11.3 Å². The van der Waals surface area contributed by atoms with Crippen LogP contribution in [-0.4, -0.2) is 15.6 Å². The normalized spacial score (nSPS) is 12.5. The zero-order valence-electron chi connectivity index (χ0n) is 10.6. The summed E-state index contributed by atoms with van der Waals surface area (Å²) in [6.45, 7) is 4.58. The Bertz CT molecular complexity index is 484. The minimum atomic E-state index is 0.244. The van der Waals surface area contributed by atoms with Gasteiger partial charge in [0.25, 0.3) is 0 Å². The van der Waals surface area contributed by atoms with Gasteiger partial charge in [0.2, 0.25) is 0 Å². The van der Waals surface area contributed by atoms with Crippen molar-refractivity contribution >= 4 is 53.4 Å². The van der Waals surface area contributed by atoms with E-state index < -0.39 is 0 Å². The summed E-state index contributed by atoms with van der Waals surface area (Å²) >= 11 is 9.18. The van der Waals surface area contributed by atoms with Gasteiger partial charge in [-0.2, -0.15) is 0 Å². The first-order valence-corrected chi connectivity index (χ1v) is 9.13. The number of benzene rings is 1. The molecule has 1 aromatic heterocycles. The molecule has 4 heteroatoms. The summed E-state index contributed by atoms with van der Waals surface area (Å²) in [6.07, 6.45) is 1.03. The van der Waals surface area contributed by atoms with E-state index in [1.54, 1.807) is 0 Å². The molecule has 0 N–H and O–H groups in total. The lowest BCUT2D eigenvalue weighted by atomic mass is 9.78. The number of para-hydroxylation sites is 1. The van der Waals surface area contributed by atoms with Gasteiger partial charge in [0, 0.05) is 17.1 Å². The topological polar surface area (TPSA) is 12.9 Å². The fourth-order valence-corrected chi connectivity index (χ4v) is 5.68. The monoisotopic (exact) mass is 389 g/mol. The van der Waals surface area contributed by atoms with Gasteiger partial charge in [0.05, 0.1) is 15.2 Å². The highest BCUT2D eigenvalue weighted by molar-refractivity contribution is 9.09. The van der Waals surface area contributed by atoms with Crippen LogP contribution in [0.3, 0.4) is 0 Å². The second-order valence-corrected chi connectivity index (χ2v) is 7.27. The average molecular weight is 391 g/mol. The van der Waals surface area contributed by atoms with E-state index >= 15 is 0 Å². The van der Waals surface area contributed by atoms with Crippen LogP contribution in [-0.2, 0) is 6.42 Å². The molecule has 98 valence electrons. The third-order valence-electron chi connectivity index (χ3n) is 3.60. The molecule has 0 atom stereocenters. The maximum absolute atomic E-state index is 4.75. The molecular weight excluding hydrogens is 374 g/mol. The predicted octanol–water partition coefficient (Wildman–Crippen LogP) is 5.27. The molecule has 0 saturated carbocycles. The Morgan fingerprint density at radius 1 is 1.22 bits per heavy atom. The lowest BCUT2D eigenvalue weighted by Crippen LogP contribution is -2.33. The highest BCUT2D eigenvalue weighted by Crippen LogP contribution is 2.37. The first-order chi connectivity index (χ1) is 8.61. The van der Waals surface area contributed by atoms with Gasteiger partial charge in [-0.25, -0.2) is 4.98 Å². The Morgan fingerprint density at radius 3 is 2.44 bits per heavy atom. The van der Waals surface area contributed by atoms with Crippen LogP contribution in [0.2, 0.25) is 0 Å². The van der Waals surface area contributed by atoms with Crippen molar-refractivity contribution in [2.75, 3.05) is 10.7 Å². The standard InChI is InChI=1S/C14H17Br2NS/c1-10(2)14(8-15,9-16)7-13-17-11-5-3-4-6-12(11)18-13/h3-6,10H,7-9H2,1-2H3. The number of aromatic nitrogens is 1. The van der Waals surface area contributed by atoms with Crippen molar-refractivity contribution in [3.05, 3.63) is 29.3 Å². The lowest BCUT2D eigenvalue weighted by Gasteiger charge is -2.33. The van der Waals surface area contributed by atoms with Crippen molar-refractivity contribution in [2.45, 2.75) is 20.3 Å². The number of nitrogens with zero attached hydrogens (tertiary/aromatic N) is 1. The minimum absolute atomic E-state index is 0.244. The van der Waals surface area contributed by atoms with Crippen LogP contribution in [0.5, 0.6) is 0 Å². The quantitative estimate of drug-likeness (QED) is 0.633. The van der Waals surface area contributed by atoms with Crippen LogP contribution in [0.25, 0.3) is 10.2 Å². The maximum Gasteiger partial charge on any atom is 0.0944 e. The highest BCUT2D eigenvalue weighted by atomic mass is 79.9. The fourth-order valence-electron chi connectivity index (χ4n) is 1.94. The molecule has 0 aliphatic heterocycles. The number of halogens is 2. The largest absolute Gasteiger partial charge is 0.241 e. The minimum Gasteiger partial charge on any atom is -0.241 e.